The van der Waals surface area contributed by atoms with Crippen LogP contribution in [0.5, 0.6) is 11.5 Å². The Morgan fingerprint density at radius 3 is 2.58 bits per heavy atom. The van der Waals surface area contributed by atoms with Gasteiger partial charge in [0, 0.05) is 18.4 Å². The molecular formula is C13H9ClFO3S. The van der Waals surface area contributed by atoms with Crippen LogP contribution in [-0.4, -0.2) is 14.7 Å². The lowest BCUT2D eigenvalue weighted by Crippen LogP contribution is -1.97. The second-order valence-corrected chi connectivity index (χ2v) is 6.26. The highest BCUT2D eigenvalue weighted by Crippen LogP contribution is 2.31. The zero-order valence-corrected chi connectivity index (χ0v) is 11.4. The number of ether oxygens (including phenoxy) is 1. The minimum Gasteiger partial charge on any atom is -0.455 e. The first-order chi connectivity index (χ1) is 8.86. The Morgan fingerprint density at radius 2 is 2.00 bits per heavy atom. The molecule has 0 amide bonds. The molecule has 19 heavy (non-hydrogen) atoms. The summed E-state index contributed by atoms with van der Waals surface area (Å²) in [5.41, 5.74) is 0. The first kappa shape index (κ1) is 13.8. The number of benzene rings is 2. The SMILES string of the molecule is CS(=O)(=O)c1ccc(Oc2[c]ccc(F)c2)c(Cl)c1. The molecule has 0 spiro atoms. The predicted molar refractivity (Wildman–Crippen MR) is 69.9 cm³/mol. The number of rotatable bonds is 3. The van der Waals surface area contributed by atoms with Crippen molar-refractivity contribution in [2.24, 2.45) is 0 Å². The lowest BCUT2D eigenvalue weighted by atomic mass is 10.3. The van der Waals surface area contributed by atoms with Crippen LogP contribution in [-0.2, 0) is 9.84 Å². The van der Waals surface area contributed by atoms with Crippen molar-refractivity contribution in [1.29, 1.82) is 0 Å². The van der Waals surface area contributed by atoms with E-state index in [4.69, 9.17) is 16.3 Å². The Balaban J connectivity index is 2.32. The average Bonchev–Trinajstić information content (AvgIpc) is 2.30. The largest absolute Gasteiger partial charge is 0.455 e. The van der Waals surface area contributed by atoms with Crippen LogP contribution in [0, 0.1) is 11.9 Å². The van der Waals surface area contributed by atoms with Crippen molar-refractivity contribution in [3.63, 3.8) is 0 Å². The van der Waals surface area contributed by atoms with Gasteiger partial charge in [0.15, 0.2) is 9.84 Å². The number of hydrogen-bond donors (Lipinski definition) is 0. The maximum Gasteiger partial charge on any atom is 0.175 e. The van der Waals surface area contributed by atoms with E-state index in [2.05, 4.69) is 6.07 Å². The van der Waals surface area contributed by atoms with Gasteiger partial charge in [0.25, 0.3) is 0 Å². The summed E-state index contributed by atoms with van der Waals surface area (Å²) in [7, 11) is -3.33. The van der Waals surface area contributed by atoms with Gasteiger partial charge in [-0.05, 0) is 30.3 Å². The fourth-order valence-corrected chi connectivity index (χ4v) is 2.32. The van der Waals surface area contributed by atoms with E-state index in [9.17, 15) is 12.8 Å². The van der Waals surface area contributed by atoms with E-state index in [0.717, 1.165) is 12.3 Å². The molecule has 0 aromatic heterocycles. The van der Waals surface area contributed by atoms with E-state index < -0.39 is 15.7 Å². The monoisotopic (exact) mass is 299 g/mol. The first-order valence-corrected chi connectivity index (χ1v) is 7.48. The fraction of sp³-hybridized carbons (Fsp3) is 0.0769. The van der Waals surface area contributed by atoms with Gasteiger partial charge in [0.05, 0.1) is 9.92 Å². The highest BCUT2D eigenvalue weighted by atomic mass is 35.5. The van der Waals surface area contributed by atoms with Crippen LogP contribution < -0.4 is 4.74 Å². The van der Waals surface area contributed by atoms with Gasteiger partial charge in [-0.15, -0.1) is 0 Å². The van der Waals surface area contributed by atoms with E-state index >= 15 is 0 Å². The average molecular weight is 300 g/mol. The first-order valence-electron chi connectivity index (χ1n) is 5.21. The molecule has 0 unspecified atom stereocenters. The molecule has 0 bridgehead atoms. The molecule has 0 aliphatic heterocycles. The van der Waals surface area contributed by atoms with Crippen LogP contribution in [0.2, 0.25) is 5.02 Å². The molecule has 0 N–H and O–H groups in total. The smallest absolute Gasteiger partial charge is 0.175 e. The molecule has 2 aromatic rings. The summed E-state index contributed by atoms with van der Waals surface area (Å²) in [6.45, 7) is 0. The van der Waals surface area contributed by atoms with Crippen molar-refractivity contribution < 1.29 is 17.5 Å². The van der Waals surface area contributed by atoms with E-state index in [1.165, 1.54) is 30.3 Å². The van der Waals surface area contributed by atoms with E-state index in [1.807, 2.05) is 0 Å². The summed E-state index contributed by atoms with van der Waals surface area (Å²) in [5, 5.41) is 0.126. The summed E-state index contributed by atoms with van der Waals surface area (Å²) in [6, 6.07) is 10.5. The number of hydrogen-bond acceptors (Lipinski definition) is 3. The zero-order valence-electron chi connectivity index (χ0n) is 9.85. The van der Waals surface area contributed by atoms with E-state index in [-0.39, 0.29) is 21.4 Å². The van der Waals surface area contributed by atoms with Crippen LogP contribution in [0.1, 0.15) is 0 Å². The van der Waals surface area contributed by atoms with Gasteiger partial charge in [-0.2, -0.15) is 0 Å². The third kappa shape index (κ3) is 3.45. The molecule has 0 aliphatic carbocycles. The summed E-state index contributed by atoms with van der Waals surface area (Å²) >= 11 is 5.93. The summed E-state index contributed by atoms with van der Waals surface area (Å²) in [5.74, 6) is -0.0671. The van der Waals surface area contributed by atoms with Crippen molar-refractivity contribution in [2.45, 2.75) is 4.90 Å². The molecule has 0 saturated heterocycles. The second kappa shape index (κ2) is 5.19. The third-order valence-electron chi connectivity index (χ3n) is 2.29. The molecule has 0 saturated carbocycles. The highest BCUT2D eigenvalue weighted by Gasteiger charge is 2.11. The topological polar surface area (TPSA) is 43.4 Å². The van der Waals surface area contributed by atoms with Gasteiger partial charge < -0.3 is 4.74 Å². The third-order valence-corrected chi connectivity index (χ3v) is 3.69. The Labute approximate surface area is 115 Å². The standard InChI is InChI=1S/C13H9ClFO3S/c1-19(16,17)11-5-6-13(12(14)8-11)18-10-4-2-3-9(15)7-10/h2-3,5-8H,1H3. The maximum absolute atomic E-state index is 13.0. The van der Waals surface area contributed by atoms with Gasteiger partial charge in [0.1, 0.15) is 17.3 Å². The summed E-state index contributed by atoms with van der Waals surface area (Å²) in [6.07, 6.45) is 1.08. The fourth-order valence-electron chi connectivity index (χ4n) is 1.39. The van der Waals surface area contributed by atoms with E-state index in [0.29, 0.717) is 0 Å². The van der Waals surface area contributed by atoms with E-state index in [1.54, 1.807) is 0 Å². The molecule has 1 radical (unpaired) electrons. The molecule has 2 rings (SSSR count). The molecule has 0 fully saturated rings. The molecule has 0 heterocycles. The minimum absolute atomic E-state index is 0.0908. The summed E-state index contributed by atoms with van der Waals surface area (Å²) < 4.78 is 41.0. The Kier molecular flexibility index (Phi) is 3.78. The quantitative estimate of drug-likeness (QED) is 0.871. The van der Waals surface area contributed by atoms with Crippen LogP contribution in [0.3, 0.4) is 0 Å². The molecule has 3 nitrogen and oxygen atoms in total. The predicted octanol–water partition coefficient (Wildman–Crippen LogP) is 3.48. The lowest BCUT2D eigenvalue weighted by Gasteiger charge is -2.08. The van der Waals surface area contributed by atoms with Gasteiger partial charge in [-0.1, -0.05) is 11.6 Å². The summed E-state index contributed by atoms with van der Waals surface area (Å²) in [4.78, 5) is 0.0908. The van der Waals surface area contributed by atoms with Crippen molar-refractivity contribution in [2.75, 3.05) is 6.26 Å². The van der Waals surface area contributed by atoms with Crippen LogP contribution in [0.15, 0.2) is 41.3 Å². The molecule has 0 aliphatic rings. The van der Waals surface area contributed by atoms with Crippen LogP contribution >= 0.6 is 11.6 Å². The number of sulfone groups is 1. The van der Waals surface area contributed by atoms with Crippen molar-refractivity contribution in [3.8, 4) is 11.5 Å². The lowest BCUT2D eigenvalue weighted by molar-refractivity contribution is 0.475. The minimum atomic E-state index is -3.33. The van der Waals surface area contributed by atoms with Gasteiger partial charge >= 0.3 is 0 Å². The molecule has 2 aromatic carbocycles. The van der Waals surface area contributed by atoms with Gasteiger partial charge in [-0.25, -0.2) is 12.8 Å². The number of halogens is 2. The highest BCUT2D eigenvalue weighted by molar-refractivity contribution is 7.90. The van der Waals surface area contributed by atoms with Crippen molar-refractivity contribution in [3.05, 3.63) is 53.3 Å². The van der Waals surface area contributed by atoms with Gasteiger partial charge in [-0.3, -0.25) is 0 Å². The Morgan fingerprint density at radius 1 is 1.26 bits per heavy atom. The molecule has 0 atom stereocenters. The van der Waals surface area contributed by atoms with Crippen molar-refractivity contribution in [1.82, 2.24) is 0 Å². The normalized spacial score (nSPS) is 11.3. The molecule has 6 heteroatoms. The zero-order chi connectivity index (χ0) is 14.0. The molecular weight excluding hydrogens is 291 g/mol. The van der Waals surface area contributed by atoms with Crippen molar-refractivity contribution >= 4 is 21.4 Å². The molecule has 99 valence electrons. The Hall–Kier alpha value is -1.59. The second-order valence-electron chi connectivity index (χ2n) is 3.84. The van der Waals surface area contributed by atoms with Crippen LogP contribution in [0.25, 0.3) is 0 Å². The Bertz CT molecular complexity index is 714. The van der Waals surface area contributed by atoms with Gasteiger partial charge in [0.2, 0.25) is 0 Å². The van der Waals surface area contributed by atoms with Crippen LogP contribution in [0.4, 0.5) is 4.39 Å². The maximum atomic E-state index is 13.0.